The Labute approximate surface area is 128 Å². The largest absolute Gasteiger partial charge is 0.485 e. The highest BCUT2D eigenvalue weighted by Crippen LogP contribution is 2.29. The van der Waals surface area contributed by atoms with E-state index >= 15 is 0 Å². The second-order valence-electron chi connectivity index (χ2n) is 4.48. The molecule has 0 amide bonds. The zero-order valence-corrected chi connectivity index (χ0v) is 12.8. The number of nitrogens with zero attached hydrogens (tertiary/aromatic N) is 2. The molecular weight excluding hydrogens is 294 g/mol. The molecule has 0 aliphatic carbocycles. The van der Waals surface area contributed by atoms with Crippen molar-refractivity contribution in [1.29, 1.82) is 0 Å². The highest BCUT2D eigenvalue weighted by Gasteiger charge is 2.11. The van der Waals surface area contributed by atoms with Crippen LogP contribution >= 0.6 is 11.6 Å². The van der Waals surface area contributed by atoms with E-state index in [1.807, 2.05) is 19.1 Å². The van der Waals surface area contributed by atoms with Gasteiger partial charge in [-0.2, -0.15) is 0 Å². The molecule has 1 heterocycles. The zero-order valence-electron chi connectivity index (χ0n) is 12.1. The average molecular weight is 312 g/mol. The molecule has 0 aliphatic rings. The third-order valence-corrected chi connectivity index (χ3v) is 3.24. The second-order valence-corrected chi connectivity index (χ2v) is 4.89. The topological polar surface area (TPSA) is 69.4 Å². The van der Waals surface area contributed by atoms with E-state index in [0.29, 0.717) is 35.3 Å². The monoisotopic (exact) mass is 311 g/mol. The van der Waals surface area contributed by atoms with Gasteiger partial charge in [-0.1, -0.05) is 34.0 Å². The van der Waals surface area contributed by atoms with Crippen molar-refractivity contribution in [3.63, 3.8) is 0 Å². The van der Waals surface area contributed by atoms with Crippen LogP contribution in [-0.2, 0) is 17.9 Å². The number of ether oxygens (including phenoxy) is 2. The SMILES string of the molecule is COCCNCc1cccc(Cl)c1OCc1nonc1C. The quantitative estimate of drug-likeness (QED) is 0.755. The van der Waals surface area contributed by atoms with Crippen molar-refractivity contribution >= 4 is 11.6 Å². The number of benzene rings is 1. The van der Waals surface area contributed by atoms with Crippen LogP contribution in [0.15, 0.2) is 22.8 Å². The van der Waals surface area contributed by atoms with E-state index in [-0.39, 0.29) is 6.61 Å². The number of rotatable bonds is 8. The van der Waals surface area contributed by atoms with E-state index in [1.54, 1.807) is 13.2 Å². The van der Waals surface area contributed by atoms with Gasteiger partial charge in [0, 0.05) is 25.8 Å². The van der Waals surface area contributed by atoms with E-state index in [0.717, 1.165) is 12.1 Å². The average Bonchev–Trinajstić information content (AvgIpc) is 2.88. The molecule has 2 rings (SSSR count). The van der Waals surface area contributed by atoms with Gasteiger partial charge in [-0.3, -0.25) is 0 Å². The zero-order chi connectivity index (χ0) is 15.1. The Morgan fingerprint density at radius 2 is 2.19 bits per heavy atom. The predicted octanol–water partition coefficient (Wildman–Crippen LogP) is 2.35. The van der Waals surface area contributed by atoms with Crippen LogP contribution in [0.25, 0.3) is 0 Å². The minimum absolute atomic E-state index is 0.268. The van der Waals surface area contributed by atoms with Crippen molar-refractivity contribution in [1.82, 2.24) is 15.6 Å². The number of hydrogen-bond donors (Lipinski definition) is 1. The summed E-state index contributed by atoms with van der Waals surface area (Å²) in [4.78, 5) is 0. The minimum Gasteiger partial charge on any atom is -0.485 e. The first kappa shape index (κ1) is 15.8. The molecule has 0 aliphatic heterocycles. The Bertz CT molecular complexity index is 574. The maximum Gasteiger partial charge on any atom is 0.145 e. The van der Waals surface area contributed by atoms with Crippen molar-refractivity contribution in [2.24, 2.45) is 0 Å². The summed E-state index contributed by atoms with van der Waals surface area (Å²) in [6, 6.07) is 5.66. The maximum atomic E-state index is 6.21. The Hall–Kier alpha value is -1.63. The summed E-state index contributed by atoms with van der Waals surface area (Å²) in [5.74, 6) is 0.645. The molecule has 114 valence electrons. The van der Waals surface area contributed by atoms with E-state index in [4.69, 9.17) is 21.1 Å². The van der Waals surface area contributed by atoms with E-state index in [9.17, 15) is 0 Å². The molecule has 0 spiro atoms. The Balaban J connectivity index is 2.01. The van der Waals surface area contributed by atoms with Crippen LogP contribution in [0.5, 0.6) is 5.75 Å². The molecule has 0 radical (unpaired) electrons. The smallest absolute Gasteiger partial charge is 0.145 e. The molecule has 0 saturated heterocycles. The molecule has 1 aromatic heterocycles. The van der Waals surface area contributed by atoms with E-state index in [1.165, 1.54) is 0 Å². The number of nitrogens with one attached hydrogen (secondary N) is 1. The molecule has 2 aromatic rings. The lowest BCUT2D eigenvalue weighted by Gasteiger charge is -2.13. The summed E-state index contributed by atoms with van der Waals surface area (Å²) in [6.07, 6.45) is 0. The molecule has 0 fully saturated rings. The third-order valence-electron chi connectivity index (χ3n) is 2.95. The number of aryl methyl sites for hydroxylation is 1. The van der Waals surface area contributed by atoms with Gasteiger partial charge in [0.15, 0.2) is 0 Å². The lowest BCUT2D eigenvalue weighted by atomic mass is 10.2. The second kappa shape index (κ2) is 7.97. The molecule has 0 bridgehead atoms. The lowest BCUT2D eigenvalue weighted by Crippen LogP contribution is -2.19. The summed E-state index contributed by atoms with van der Waals surface area (Å²) >= 11 is 6.21. The van der Waals surface area contributed by atoms with Gasteiger partial charge in [-0.15, -0.1) is 0 Å². The van der Waals surface area contributed by atoms with Crippen LogP contribution in [0, 0.1) is 6.92 Å². The molecule has 0 atom stereocenters. The summed E-state index contributed by atoms with van der Waals surface area (Å²) in [6.45, 7) is 4.14. The molecule has 21 heavy (non-hydrogen) atoms. The standard InChI is InChI=1S/C14H18ClN3O3/c1-10-13(18-21-17-10)9-20-14-11(4-3-5-12(14)15)8-16-6-7-19-2/h3-5,16H,6-9H2,1-2H3. The lowest BCUT2D eigenvalue weighted by molar-refractivity contribution is 0.199. The first-order chi connectivity index (χ1) is 10.2. The Morgan fingerprint density at radius 3 is 2.90 bits per heavy atom. The first-order valence-electron chi connectivity index (χ1n) is 6.60. The van der Waals surface area contributed by atoms with Gasteiger partial charge in [0.2, 0.25) is 0 Å². The molecule has 1 N–H and O–H groups in total. The Morgan fingerprint density at radius 1 is 1.33 bits per heavy atom. The fourth-order valence-corrected chi connectivity index (χ4v) is 2.02. The van der Waals surface area contributed by atoms with Crippen molar-refractivity contribution < 1.29 is 14.1 Å². The van der Waals surface area contributed by atoms with Gasteiger partial charge < -0.3 is 14.8 Å². The normalized spacial score (nSPS) is 10.8. The number of halogens is 1. The summed E-state index contributed by atoms with van der Waals surface area (Å²) in [5.41, 5.74) is 2.35. The first-order valence-corrected chi connectivity index (χ1v) is 6.98. The van der Waals surface area contributed by atoms with Gasteiger partial charge >= 0.3 is 0 Å². The number of para-hydroxylation sites is 1. The summed E-state index contributed by atoms with van der Waals surface area (Å²) in [5, 5.41) is 11.3. The van der Waals surface area contributed by atoms with Gasteiger partial charge in [0.1, 0.15) is 23.7 Å². The maximum absolute atomic E-state index is 6.21. The summed E-state index contributed by atoms with van der Waals surface area (Å²) in [7, 11) is 1.67. The Kier molecular flexibility index (Phi) is 5.98. The van der Waals surface area contributed by atoms with Crippen LogP contribution in [0.4, 0.5) is 0 Å². The van der Waals surface area contributed by atoms with Crippen molar-refractivity contribution in [2.45, 2.75) is 20.1 Å². The molecule has 7 heteroatoms. The molecule has 6 nitrogen and oxygen atoms in total. The fourth-order valence-electron chi connectivity index (χ4n) is 1.77. The molecule has 0 unspecified atom stereocenters. The van der Waals surface area contributed by atoms with Gasteiger partial charge in [-0.05, 0) is 13.0 Å². The van der Waals surface area contributed by atoms with Crippen LogP contribution in [0.2, 0.25) is 5.02 Å². The number of hydrogen-bond acceptors (Lipinski definition) is 6. The minimum atomic E-state index is 0.268. The van der Waals surface area contributed by atoms with Crippen molar-refractivity contribution in [3.8, 4) is 5.75 Å². The molecule has 1 aromatic carbocycles. The van der Waals surface area contributed by atoms with Crippen molar-refractivity contribution in [2.75, 3.05) is 20.3 Å². The third kappa shape index (κ3) is 4.42. The van der Waals surface area contributed by atoms with Crippen molar-refractivity contribution in [3.05, 3.63) is 40.2 Å². The highest BCUT2D eigenvalue weighted by molar-refractivity contribution is 6.32. The fraction of sp³-hybridized carbons (Fsp3) is 0.429. The van der Waals surface area contributed by atoms with Crippen LogP contribution in [0.1, 0.15) is 17.0 Å². The molecular formula is C14H18ClN3O3. The van der Waals surface area contributed by atoms with Crippen LogP contribution in [0.3, 0.4) is 0 Å². The van der Waals surface area contributed by atoms with E-state index in [2.05, 4.69) is 20.3 Å². The van der Waals surface area contributed by atoms with Gasteiger partial charge in [0.05, 0.1) is 11.6 Å². The number of aromatic nitrogens is 2. The summed E-state index contributed by atoms with van der Waals surface area (Å²) < 4.78 is 15.4. The van der Waals surface area contributed by atoms with Gasteiger partial charge in [-0.25, -0.2) is 4.63 Å². The predicted molar refractivity (Wildman–Crippen MR) is 78.4 cm³/mol. The van der Waals surface area contributed by atoms with Crippen LogP contribution < -0.4 is 10.1 Å². The van der Waals surface area contributed by atoms with E-state index < -0.39 is 0 Å². The molecule has 0 saturated carbocycles. The van der Waals surface area contributed by atoms with Gasteiger partial charge in [0.25, 0.3) is 0 Å². The highest BCUT2D eigenvalue weighted by atomic mass is 35.5. The van der Waals surface area contributed by atoms with Crippen LogP contribution in [-0.4, -0.2) is 30.6 Å². The number of methoxy groups -OCH3 is 1.